The van der Waals surface area contributed by atoms with Crippen molar-refractivity contribution in [1.29, 1.82) is 0 Å². The van der Waals surface area contributed by atoms with Crippen molar-refractivity contribution in [3.8, 4) is 17.1 Å². The summed E-state index contributed by atoms with van der Waals surface area (Å²) in [5.41, 5.74) is 3.76. The molecular formula is C17H15N2O-. The largest absolute Gasteiger partial charge is 0.857 e. The Hall–Kier alpha value is -2.55. The van der Waals surface area contributed by atoms with Gasteiger partial charge in [-0.15, -0.1) is 0 Å². The van der Waals surface area contributed by atoms with Crippen LogP contribution in [-0.2, 0) is 6.54 Å². The number of hydrogen-bond donors (Lipinski definition) is 0. The van der Waals surface area contributed by atoms with Gasteiger partial charge in [0.05, 0.1) is 12.2 Å². The summed E-state index contributed by atoms with van der Waals surface area (Å²) >= 11 is 0. The SMILES string of the molecule is Cc1c([O-])nn(Cc2ccccc2)c1-c1ccccc1. The molecule has 100 valence electrons. The summed E-state index contributed by atoms with van der Waals surface area (Å²) in [6, 6.07) is 20.0. The number of benzene rings is 2. The highest BCUT2D eigenvalue weighted by molar-refractivity contribution is 5.65. The minimum atomic E-state index is -0.153. The molecule has 0 aliphatic carbocycles. The summed E-state index contributed by atoms with van der Waals surface area (Å²) in [5.74, 6) is -0.153. The Balaban J connectivity index is 2.06. The molecule has 1 heterocycles. The van der Waals surface area contributed by atoms with Crippen molar-refractivity contribution in [2.45, 2.75) is 13.5 Å². The van der Waals surface area contributed by atoms with Gasteiger partial charge in [0.15, 0.2) is 0 Å². The Morgan fingerprint density at radius 2 is 1.55 bits per heavy atom. The Bertz CT molecular complexity index is 703. The lowest BCUT2D eigenvalue weighted by Crippen LogP contribution is -2.04. The highest BCUT2D eigenvalue weighted by atomic mass is 16.3. The first kappa shape index (κ1) is 12.5. The van der Waals surface area contributed by atoms with E-state index in [0.717, 1.165) is 16.8 Å². The maximum absolute atomic E-state index is 11.9. The van der Waals surface area contributed by atoms with Gasteiger partial charge < -0.3 is 5.11 Å². The molecule has 0 saturated carbocycles. The molecule has 1 aromatic heterocycles. The lowest BCUT2D eigenvalue weighted by atomic mass is 10.1. The normalized spacial score (nSPS) is 10.7. The standard InChI is InChI=1S/C17H16N2O/c1-13-16(15-10-6-3-7-11-15)19(18-17(13)20)12-14-8-4-2-5-9-14/h2-11H,12H2,1H3,(H,18,20)/p-1. The molecule has 0 spiro atoms. The molecule has 0 radical (unpaired) electrons. The van der Waals surface area contributed by atoms with Crippen molar-refractivity contribution >= 4 is 0 Å². The third kappa shape index (κ3) is 2.30. The molecule has 2 aromatic carbocycles. The van der Waals surface area contributed by atoms with Crippen molar-refractivity contribution in [2.24, 2.45) is 0 Å². The first-order valence-electron chi connectivity index (χ1n) is 6.59. The molecule has 3 aromatic rings. The van der Waals surface area contributed by atoms with Gasteiger partial charge in [-0.05, 0) is 18.1 Å². The van der Waals surface area contributed by atoms with E-state index in [1.165, 1.54) is 0 Å². The fourth-order valence-electron chi connectivity index (χ4n) is 2.36. The number of hydrogen-bond acceptors (Lipinski definition) is 2. The second-order valence-electron chi connectivity index (χ2n) is 4.79. The summed E-state index contributed by atoms with van der Waals surface area (Å²) in [4.78, 5) is 0. The first-order valence-corrected chi connectivity index (χ1v) is 6.59. The second-order valence-corrected chi connectivity index (χ2v) is 4.79. The van der Waals surface area contributed by atoms with Crippen LogP contribution in [0.25, 0.3) is 11.3 Å². The minimum Gasteiger partial charge on any atom is -0.857 e. The van der Waals surface area contributed by atoms with Crippen molar-refractivity contribution in [3.05, 3.63) is 71.8 Å². The predicted molar refractivity (Wildman–Crippen MR) is 77.4 cm³/mol. The third-order valence-corrected chi connectivity index (χ3v) is 3.37. The van der Waals surface area contributed by atoms with Gasteiger partial charge >= 0.3 is 0 Å². The van der Waals surface area contributed by atoms with Gasteiger partial charge in [0.1, 0.15) is 0 Å². The monoisotopic (exact) mass is 263 g/mol. The van der Waals surface area contributed by atoms with E-state index in [2.05, 4.69) is 5.10 Å². The average molecular weight is 263 g/mol. The summed E-state index contributed by atoms with van der Waals surface area (Å²) in [6.07, 6.45) is 0. The Labute approximate surface area is 118 Å². The number of aromatic nitrogens is 2. The molecule has 3 rings (SSSR count). The van der Waals surface area contributed by atoms with Gasteiger partial charge in [0.25, 0.3) is 0 Å². The highest BCUT2D eigenvalue weighted by Crippen LogP contribution is 2.28. The van der Waals surface area contributed by atoms with Gasteiger partial charge in [0.2, 0.25) is 0 Å². The second kappa shape index (κ2) is 5.21. The molecule has 0 unspecified atom stereocenters. The van der Waals surface area contributed by atoms with E-state index in [4.69, 9.17) is 0 Å². The molecule has 0 saturated heterocycles. The first-order chi connectivity index (χ1) is 9.75. The summed E-state index contributed by atoms with van der Waals surface area (Å²) in [6.45, 7) is 2.44. The topological polar surface area (TPSA) is 40.9 Å². The van der Waals surface area contributed by atoms with Crippen LogP contribution in [0.1, 0.15) is 11.1 Å². The van der Waals surface area contributed by atoms with Crippen LogP contribution in [0.4, 0.5) is 0 Å². The van der Waals surface area contributed by atoms with Crippen LogP contribution >= 0.6 is 0 Å². The van der Waals surface area contributed by atoms with Crippen LogP contribution < -0.4 is 5.11 Å². The Morgan fingerprint density at radius 3 is 2.20 bits per heavy atom. The van der Waals surface area contributed by atoms with Crippen LogP contribution in [-0.4, -0.2) is 9.78 Å². The van der Waals surface area contributed by atoms with Crippen LogP contribution in [0.15, 0.2) is 60.7 Å². The van der Waals surface area contributed by atoms with Crippen LogP contribution in [0, 0.1) is 6.92 Å². The zero-order chi connectivity index (χ0) is 13.9. The number of rotatable bonds is 3. The summed E-state index contributed by atoms with van der Waals surface area (Å²) in [5, 5.41) is 16.0. The van der Waals surface area contributed by atoms with E-state index < -0.39 is 0 Å². The molecule has 0 aliphatic heterocycles. The van der Waals surface area contributed by atoms with Gasteiger partial charge in [-0.2, -0.15) is 5.10 Å². The van der Waals surface area contributed by atoms with Gasteiger partial charge in [-0.1, -0.05) is 60.7 Å². The van der Waals surface area contributed by atoms with Crippen molar-refractivity contribution in [2.75, 3.05) is 0 Å². The van der Waals surface area contributed by atoms with Gasteiger partial charge in [0, 0.05) is 11.4 Å². The summed E-state index contributed by atoms with van der Waals surface area (Å²) in [7, 11) is 0. The van der Waals surface area contributed by atoms with E-state index in [1.54, 1.807) is 4.68 Å². The molecular weight excluding hydrogens is 248 g/mol. The molecule has 0 atom stereocenters. The minimum absolute atomic E-state index is 0.153. The van der Waals surface area contributed by atoms with E-state index in [-0.39, 0.29) is 5.88 Å². The predicted octanol–water partition coefficient (Wildman–Crippen LogP) is 2.98. The maximum atomic E-state index is 11.9. The summed E-state index contributed by atoms with van der Waals surface area (Å²) < 4.78 is 1.79. The molecule has 0 amide bonds. The molecule has 0 fully saturated rings. The molecule has 3 nitrogen and oxygen atoms in total. The van der Waals surface area contributed by atoms with Crippen LogP contribution in [0.5, 0.6) is 5.88 Å². The van der Waals surface area contributed by atoms with Crippen molar-refractivity contribution in [3.63, 3.8) is 0 Å². The van der Waals surface area contributed by atoms with Crippen molar-refractivity contribution in [1.82, 2.24) is 9.78 Å². The zero-order valence-corrected chi connectivity index (χ0v) is 11.3. The third-order valence-electron chi connectivity index (χ3n) is 3.37. The quantitative estimate of drug-likeness (QED) is 0.729. The van der Waals surface area contributed by atoms with Crippen LogP contribution in [0.2, 0.25) is 0 Å². The Kier molecular flexibility index (Phi) is 3.25. The molecule has 20 heavy (non-hydrogen) atoms. The zero-order valence-electron chi connectivity index (χ0n) is 11.3. The van der Waals surface area contributed by atoms with Crippen LogP contribution in [0.3, 0.4) is 0 Å². The van der Waals surface area contributed by atoms with E-state index >= 15 is 0 Å². The molecule has 0 aliphatic rings. The van der Waals surface area contributed by atoms with Gasteiger partial charge in [-0.3, -0.25) is 4.68 Å². The smallest absolute Gasteiger partial charge is 0.0709 e. The molecule has 0 bridgehead atoms. The van der Waals surface area contributed by atoms with E-state index in [9.17, 15) is 5.11 Å². The highest BCUT2D eigenvalue weighted by Gasteiger charge is 2.11. The lowest BCUT2D eigenvalue weighted by molar-refractivity contribution is -0.276. The lowest BCUT2D eigenvalue weighted by Gasteiger charge is -2.09. The fourth-order valence-corrected chi connectivity index (χ4v) is 2.36. The maximum Gasteiger partial charge on any atom is 0.0709 e. The van der Waals surface area contributed by atoms with E-state index in [0.29, 0.717) is 12.1 Å². The Morgan fingerprint density at radius 1 is 0.950 bits per heavy atom. The van der Waals surface area contributed by atoms with Crippen molar-refractivity contribution < 1.29 is 5.11 Å². The average Bonchev–Trinajstić information content (AvgIpc) is 2.76. The van der Waals surface area contributed by atoms with Gasteiger partial charge in [-0.25, -0.2) is 0 Å². The number of nitrogens with zero attached hydrogens (tertiary/aromatic N) is 2. The fraction of sp³-hybridized carbons (Fsp3) is 0.118. The molecule has 3 heteroatoms. The van der Waals surface area contributed by atoms with E-state index in [1.807, 2.05) is 67.6 Å². The molecule has 0 N–H and O–H groups in total.